The molecule has 3 rings (SSSR count). The number of aromatic nitrogens is 1. The van der Waals surface area contributed by atoms with Gasteiger partial charge in [0, 0.05) is 25.8 Å². The Hall–Kier alpha value is -1.37. The third-order valence-electron chi connectivity index (χ3n) is 4.59. The molecule has 24 heavy (non-hydrogen) atoms. The van der Waals surface area contributed by atoms with Crippen LogP contribution in [0.2, 0.25) is 0 Å². The van der Waals surface area contributed by atoms with Gasteiger partial charge in [0.2, 0.25) is 5.91 Å². The van der Waals surface area contributed by atoms with Crippen molar-refractivity contribution in [3.8, 4) is 0 Å². The molecule has 0 saturated carbocycles. The zero-order valence-electron chi connectivity index (χ0n) is 14.2. The Balaban J connectivity index is 0.00000208. The van der Waals surface area contributed by atoms with Crippen LogP contribution in [0.25, 0.3) is 0 Å². The highest BCUT2D eigenvalue weighted by Gasteiger charge is 2.24. The Labute approximate surface area is 149 Å². The summed E-state index contributed by atoms with van der Waals surface area (Å²) in [6.07, 6.45) is 3.92. The van der Waals surface area contributed by atoms with Crippen molar-refractivity contribution < 1.29 is 9.53 Å². The van der Waals surface area contributed by atoms with Gasteiger partial charge in [0.05, 0.1) is 19.3 Å². The van der Waals surface area contributed by atoms with E-state index in [1.807, 2.05) is 18.3 Å². The molecule has 2 aliphatic heterocycles. The monoisotopic (exact) mass is 354 g/mol. The number of ether oxygens (including phenoxy) is 1. The Morgan fingerprint density at radius 3 is 2.88 bits per heavy atom. The normalized spacial score (nSPS) is 24.1. The van der Waals surface area contributed by atoms with Gasteiger partial charge in [-0.15, -0.1) is 12.4 Å². The molecule has 0 aliphatic carbocycles. The van der Waals surface area contributed by atoms with Gasteiger partial charge in [-0.2, -0.15) is 0 Å². The van der Waals surface area contributed by atoms with Crippen molar-refractivity contribution in [2.45, 2.75) is 32.4 Å². The average molecular weight is 355 g/mol. The second-order valence-electron chi connectivity index (χ2n) is 6.48. The van der Waals surface area contributed by atoms with Crippen molar-refractivity contribution in [3.63, 3.8) is 0 Å². The molecule has 0 radical (unpaired) electrons. The molecule has 1 amide bonds. The molecule has 2 aliphatic rings. The Morgan fingerprint density at radius 1 is 1.42 bits per heavy atom. The fraction of sp³-hybridized carbons (Fsp3) is 0.647. The van der Waals surface area contributed by atoms with Gasteiger partial charge < -0.3 is 20.3 Å². The second kappa shape index (κ2) is 9.20. The molecule has 1 aromatic rings. The molecule has 6 nitrogen and oxygen atoms in total. The van der Waals surface area contributed by atoms with Gasteiger partial charge in [0.1, 0.15) is 5.82 Å². The number of piperidine rings is 1. The lowest BCUT2D eigenvalue weighted by molar-refractivity contribution is -0.124. The van der Waals surface area contributed by atoms with E-state index < -0.39 is 0 Å². The molecular formula is C17H27ClN4O2. The van der Waals surface area contributed by atoms with E-state index in [-0.39, 0.29) is 24.4 Å². The first-order chi connectivity index (χ1) is 11.2. The van der Waals surface area contributed by atoms with E-state index in [9.17, 15) is 4.79 Å². The second-order valence-corrected chi connectivity index (χ2v) is 6.48. The summed E-state index contributed by atoms with van der Waals surface area (Å²) in [5.74, 6) is 1.68. The summed E-state index contributed by atoms with van der Waals surface area (Å²) in [5, 5.41) is 6.30. The van der Waals surface area contributed by atoms with E-state index >= 15 is 0 Å². The number of hydrogen-bond acceptors (Lipinski definition) is 5. The molecule has 2 saturated heterocycles. The van der Waals surface area contributed by atoms with Crippen LogP contribution in [0.4, 0.5) is 5.82 Å². The van der Waals surface area contributed by atoms with Crippen molar-refractivity contribution in [1.82, 2.24) is 15.6 Å². The number of pyridine rings is 1. The number of nitrogens with zero attached hydrogens (tertiary/aromatic N) is 2. The highest BCUT2D eigenvalue weighted by atomic mass is 35.5. The molecule has 0 spiro atoms. The molecule has 134 valence electrons. The first-order valence-electron chi connectivity index (χ1n) is 8.51. The lowest BCUT2D eigenvalue weighted by Gasteiger charge is -2.28. The van der Waals surface area contributed by atoms with Crippen LogP contribution in [0.15, 0.2) is 18.3 Å². The topological polar surface area (TPSA) is 66.5 Å². The summed E-state index contributed by atoms with van der Waals surface area (Å²) in [6, 6.07) is 4.00. The largest absolute Gasteiger partial charge is 0.378 e. The van der Waals surface area contributed by atoms with Crippen molar-refractivity contribution >= 4 is 24.1 Å². The first-order valence-corrected chi connectivity index (χ1v) is 8.51. The average Bonchev–Trinajstić information content (AvgIpc) is 2.61. The van der Waals surface area contributed by atoms with Crippen LogP contribution >= 0.6 is 12.4 Å². The van der Waals surface area contributed by atoms with E-state index in [0.29, 0.717) is 12.5 Å². The van der Waals surface area contributed by atoms with Crippen molar-refractivity contribution in [3.05, 3.63) is 23.9 Å². The van der Waals surface area contributed by atoms with Gasteiger partial charge in [-0.25, -0.2) is 4.98 Å². The highest BCUT2D eigenvalue weighted by molar-refractivity contribution is 5.85. The number of nitrogens with one attached hydrogen (secondary N) is 2. The van der Waals surface area contributed by atoms with Gasteiger partial charge in [-0.3, -0.25) is 4.79 Å². The minimum absolute atomic E-state index is 0. The van der Waals surface area contributed by atoms with Gasteiger partial charge >= 0.3 is 0 Å². The summed E-state index contributed by atoms with van der Waals surface area (Å²) < 4.78 is 5.35. The summed E-state index contributed by atoms with van der Waals surface area (Å²) in [5.41, 5.74) is 1.03. The summed E-state index contributed by atoms with van der Waals surface area (Å²) in [4.78, 5) is 18.9. The number of rotatable bonds is 4. The molecule has 3 heterocycles. The number of carbonyl (C=O) groups excluding carboxylic acids is 1. The van der Waals surface area contributed by atoms with Crippen LogP contribution < -0.4 is 15.5 Å². The van der Waals surface area contributed by atoms with E-state index in [1.54, 1.807) is 0 Å². The highest BCUT2D eigenvalue weighted by Crippen LogP contribution is 2.16. The predicted octanol–water partition coefficient (Wildman–Crippen LogP) is 1.34. The van der Waals surface area contributed by atoms with Crippen molar-refractivity contribution in [2.75, 3.05) is 37.7 Å². The lowest BCUT2D eigenvalue weighted by Crippen LogP contribution is -2.48. The van der Waals surface area contributed by atoms with Crippen LogP contribution in [0.5, 0.6) is 0 Å². The summed E-state index contributed by atoms with van der Waals surface area (Å²) in [7, 11) is 0. The maximum Gasteiger partial charge on any atom is 0.237 e. The van der Waals surface area contributed by atoms with Crippen LogP contribution in [0.3, 0.4) is 0 Å². The van der Waals surface area contributed by atoms with E-state index in [2.05, 4.69) is 27.4 Å². The zero-order chi connectivity index (χ0) is 16.1. The fourth-order valence-corrected chi connectivity index (χ4v) is 3.12. The number of anilines is 1. The molecule has 2 atom stereocenters. The predicted molar refractivity (Wildman–Crippen MR) is 96.6 cm³/mol. The smallest absolute Gasteiger partial charge is 0.237 e. The number of carbonyl (C=O) groups is 1. The third kappa shape index (κ3) is 5.06. The number of hydrogen-bond donors (Lipinski definition) is 2. The molecule has 0 aromatic carbocycles. The molecule has 1 aromatic heterocycles. The molecule has 2 unspecified atom stereocenters. The molecule has 2 N–H and O–H groups in total. The van der Waals surface area contributed by atoms with Gasteiger partial charge in [-0.05, 0) is 36.9 Å². The maximum absolute atomic E-state index is 12.2. The third-order valence-corrected chi connectivity index (χ3v) is 4.59. The van der Waals surface area contributed by atoms with Crippen LogP contribution in [0, 0.1) is 5.92 Å². The van der Waals surface area contributed by atoms with E-state index in [0.717, 1.165) is 57.1 Å². The molecular weight excluding hydrogens is 328 g/mol. The lowest BCUT2D eigenvalue weighted by atomic mass is 9.94. The summed E-state index contributed by atoms with van der Waals surface area (Å²) >= 11 is 0. The minimum atomic E-state index is -0.0562. The summed E-state index contributed by atoms with van der Waals surface area (Å²) in [6.45, 7) is 6.94. The van der Waals surface area contributed by atoms with E-state index in [4.69, 9.17) is 4.74 Å². The van der Waals surface area contributed by atoms with Crippen molar-refractivity contribution in [2.24, 2.45) is 5.92 Å². The Kier molecular flexibility index (Phi) is 7.27. The maximum atomic E-state index is 12.2. The van der Waals surface area contributed by atoms with Crippen LogP contribution in [-0.4, -0.2) is 49.8 Å². The van der Waals surface area contributed by atoms with Crippen LogP contribution in [0.1, 0.15) is 25.3 Å². The number of halogens is 1. The Bertz CT molecular complexity index is 520. The quantitative estimate of drug-likeness (QED) is 0.854. The molecule has 0 bridgehead atoms. The van der Waals surface area contributed by atoms with Crippen molar-refractivity contribution in [1.29, 1.82) is 0 Å². The number of amides is 1. The standard InChI is InChI=1S/C17H26N4O2.ClH/c1-13-4-5-18-15(10-13)17(22)20-12-14-2-3-16(19-11-14)21-6-8-23-9-7-21;/h2-3,11,13,15,18H,4-10,12H2,1H3,(H,20,22);1H. The Morgan fingerprint density at radius 2 is 2.21 bits per heavy atom. The van der Waals surface area contributed by atoms with Gasteiger partial charge in [-0.1, -0.05) is 13.0 Å². The minimum Gasteiger partial charge on any atom is -0.378 e. The SMILES string of the molecule is CC1CCNC(C(=O)NCc2ccc(N3CCOCC3)nc2)C1.Cl. The zero-order valence-corrected chi connectivity index (χ0v) is 15.0. The van der Waals surface area contributed by atoms with Crippen LogP contribution in [-0.2, 0) is 16.1 Å². The molecule has 2 fully saturated rings. The first kappa shape index (κ1) is 19.0. The fourth-order valence-electron chi connectivity index (χ4n) is 3.12. The van der Waals surface area contributed by atoms with E-state index in [1.165, 1.54) is 0 Å². The van der Waals surface area contributed by atoms with Gasteiger partial charge in [0.15, 0.2) is 0 Å². The molecule has 7 heteroatoms. The number of morpholine rings is 1. The van der Waals surface area contributed by atoms with Gasteiger partial charge in [0.25, 0.3) is 0 Å².